The minimum absolute atomic E-state index is 0.261. The van der Waals surface area contributed by atoms with Crippen LogP contribution < -0.4 is 5.43 Å². The second kappa shape index (κ2) is 7.88. The first-order chi connectivity index (χ1) is 8.69. The Hall–Kier alpha value is -1.35. The van der Waals surface area contributed by atoms with Crippen LogP contribution in [0.5, 0.6) is 0 Å². The molecular weight excluding hydrogens is 248 g/mol. The fourth-order valence-electron chi connectivity index (χ4n) is 1.53. The van der Waals surface area contributed by atoms with Gasteiger partial charge >= 0.3 is 0 Å². The number of nitrogens with zero attached hydrogens (tertiary/aromatic N) is 1. The van der Waals surface area contributed by atoms with Crippen molar-refractivity contribution in [3.8, 4) is 0 Å². The maximum Gasteiger partial charge on any atom is 0.272 e. The minimum atomic E-state index is -0.261. The molecule has 1 amide bonds. The van der Waals surface area contributed by atoms with E-state index in [1.807, 2.05) is 6.92 Å². The van der Waals surface area contributed by atoms with E-state index in [2.05, 4.69) is 17.5 Å². The van der Waals surface area contributed by atoms with Crippen LogP contribution in [0.4, 0.5) is 0 Å². The van der Waals surface area contributed by atoms with E-state index < -0.39 is 0 Å². The molecule has 0 aliphatic carbocycles. The van der Waals surface area contributed by atoms with E-state index >= 15 is 0 Å². The smallest absolute Gasteiger partial charge is 0.267 e. The lowest BCUT2D eigenvalue weighted by Crippen LogP contribution is -2.20. The van der Waals surface area contributed by atoms with Gasteiger partial charge in [0.2, 0.25) is 0 Å². The molecule has 0 aliphatic heterocycles. The number of benzene rings is 1. The molecule has 0 saturated heterocycles. The molecular formula is C14H19ClN2O. The number of amides is 1. The Balaban J connectivity index is 2.64. The third-order valence-corrected chi connectivity index (χ3v) is 2.99. The Kier molecular flexibility index (Phi) is 6.44. The molecule has 0 atom stereocenters. The minimum Gasteiger partial charge on any atom is -0.267 e. The molecule has 3 nitrogen and oxygen atoms in total. The number of carbonyl (C=O) groups is 1. The van der Waals surface area contributed by atoms with Crippen molar-refractivity contribution >= 4 is 23.2 Å². The van der Waals surface area contributed by atoms with E-state index in [0.717, 1.165) is 31.4 Å². The molecule has 0 unspecified atom stereocenters. The Bertz CT molecular complexity index is 430. The molecule has 0 saturated carbocycles. The Morgan fingerprint density at radius 3 is 2.67 bits per heavy atom. The van der Waals surface area contributed by atoms with Crippen molar-refractivity contribution < 1.29 is 4.79 Å². The highest BCUT2D eigenvalue weighted by Crippen LogP contribution is 2.14. The van der Waals surface area contributed by atoms with Crippen molar-refractivity contribution in [3.05, 3.63) is 34.9 Å². The molecule has 1 rings (SSSR count). The maximum atomic E-state index is 11.9. The fraction of sp³-hybridized carbons (Fsp3) is 0.429. The van der Waals surface area contributed by atoms with Gasteiger partial charge < -0.3 is 0 Å². The molecule has 1 aromatic carbocycles. The zero-order chi connectivity index (χ0) is 13.4. The number of carbonyl (C=O) groups excluding carboxylic acids is 1. The van der Waals surface area contributed by atoms with Crippen LogP contribution in [0.3, 0.4) is 0 Å². The average molecular weight is 267 g/mol. The highest BCUT2D eigenvalue weighted by molar-refractivity contribution is 6.33. The lowest BCUT2D eigenvalue weighted by molar-refractivity contribution is 0.0955. The number of hydrogen-bond donors (Lipinski definition) is 1. The van der Waals surface area contributed by atoms with Gasteiger partial charge in [-0.15, -0.1) is 0 Å². The summed E-state index contributed by atoms with van der Waals surface area (Å²) in [7, 11) is 0. The topological polar surface area (TPSA) is 41.5 Å². The Morgan fingerprint density at radius 1 is 1.33 bits per heavy atom. The molecule has 18 heavy (non-hydrogen) atoms. The number of halogens is 1. The molecule has 0 aliphatic rings. The summed E-state index contributed by atoms with van der Waals surface area (Å²) in [5.74, 6) is -0.261. The van der Waals surface area contributed by atoms with E-state index in [0.29, 0.717) is 10.6 Å². The summed E-state index contributed by atoms with van der Waals surface area (Å²) < 4.78 is 0. The second-order valence-electron chi connectivity index (χ2n) is 4.06. The molecule has 0 fully saturated rings. The lowest BCUT2D eigenvalue weighted by atomic mass is 10.1. The largest absolute Gasteiger partial charge is 0.272 e. The molecule has 4 heteroatoms. The number of rotatable bonds is 6. The van der Waals surface area contributed by atoms with Gasteiger partial charge in [0.05, 0.1) is 10.6 Å². The molecule has 1 N–H and O–H groups in total. The van der Waals surface area contributed by atoms with Crippen LogP contribution in [0.15, 0.2) is 29.4 Å². The summed E-state index contributed by atoms with van der Waals surface area (Å²) in [5, 5.41) is 4.60. The van der Waals surface area contributed by atoms with E-state index in [1.165, 1.54) is 0 Å². The lowest BCUT2D eigenvalue weighted by Gasteiger charge is -2.05. The van der Waals surface area contributed by atoms with Crippen LogP contribution in [0, 0.1) is 0 Å². The van der Waals surface area contributed by atoms with Gasteiger partial charge in [-0.25, -0.2) is 5.43 Å². The third-order valence-electron chi connectivity index (χ3n) is 2.66. The zero-order valence-corrected chi connectivity index (χ0v) is 11.6. The van der Waals surface area contributed by atoms with Gasteiger partial charge in [0.15, 0.2) is 0 Å². The monoisotopic (exact) mass is 266 g/mol. The molecule has 0 spiro atoms. The molecule has 1 aromatic rings. The predicted octanol–water partition coefficient (Wildman–Crippen LogP) is 4.03. The summed E-state index contributed by atoms with van der Waals surface area (Å²) in [6.45, 7) is 4.17. The predicted molar refractivity (Wildman–Crippen MR) is 76.2 cm³/mol. The van der Waals surface area contributed by atoms with Crippen LogP contribution >= 0.6 is 11.6 Å². The van der Waals surface area contributed by atoms with Gasteiger partial charge in [-0.2, -0.15) is 5.10 Å². The third kappa shape index (κ3) is 4.49. The van der Waals surface area contributed by atoms with Gasteiger partial charge in [0.1, 0.15) is 0 Å². The van der Waals surface area contributed by atoms with Crippen LogP contribution in [0.1, 0.15) is 49.9 Å². The fourth-order valence-corrected chi connectivity index (χ4v) is 1.75. The van der Waals surface area contributed by atoms with Crippen molar-refractivity contribution in [2.45, 2.75) is 39.5 Å². The first kappa shape index (κ1) is 14.7. The van der Waals surface area contributed by atoms with Crippen molar-refractivity contribution in [1.29, 1.82) is 0 Å². The van der Waals surface area contributed by atoms with Crippen LogP contribution in [-0.4, -0.2) is 11.6 Å². The van der Waals surface area contributed by atoms with Gasteiger partial charge in [-0.1, -0.05) is 44.0 Å². The van der Waals surface area contributed by atoms with Crippen molar-refractivity contribution in [2.24, 2.45) is 5.10 Å². The van der Waals surface area contributed by atoms with Crippen molar-refractivity contribution in [1.82, 2.24) is 5.43 Å². The second-order valence-corrected chi connectivity index (χ2v) is 4.46. The number of hydrogen-bond acceptors (Lipinski definition) is 2. The van der Waals surface area contributed by atoms with E-state index in [1.54, 1.807) is 24.3 Å². The Labute approximate surface area is 113 Å². The summed E-state index contributed by atoms with van der Waals surface area (Å²) in [5.41, 5.74) is 4.03. The van der Waals surface area contributed by atoms with Gasteiger partial charge in [0.25, 0.3) is 5.91 Å². The highest BCUT2D eigenvalue weighted by Gasteiger charge is 2.08. The molecule has 0 bridgehead atoms. The van der Waals surface area contributed by atoms with Gasteiger partial charge in [-0.3, -0.25) is 4.79 Å². The summed E-state index contributed by atoms with van der Waals surface area (Å²) in [4.78, 5) is 11.9. The van der Waals surface area contributed by atoms with Crippen molar-refractivity contribution in [2.75, 3.05) is 0 Å². The molecule has 0 heterocycles. The maximum absolute atomic E-state index is 11.9. The summed E-state index contributed by atoms with van der Waals surface area (Å²) in [6, 6.07) is 6.95. The summed E-state index contributed by atoms with van der Waals surface area (Å²) >= 11 is 5.94. The Morgan fingerprint density at radius 2 is 2.06 bits per heavy atom. The van der Waals surface area contributed by atoms with E-state index in [4.69, 9.17) is 11.6 Å². The SMILES string of the molecule is CCCC/C(CC)=N/NC(=O)c1ccccc1Cl. The zero-order valence-electron chi connectivity index (χ0n) is 10.9. The highest BCUT2D eigenvalue weighted by atomic mass is 35.5. The molecule has 98 valence electrons. The van der Waals surface area contributed by atoms with Crippen molar-refractivity contribution in [3.63, 3.8) is 0 Å². The van der Waals surface area contributed by atoms with E-state index in [9.17, 15) is 4.79 Å². The standard InChI is InChI=1S/C14H19ClN2O/c1-3-5-8-11(4-2)16-17-14(18)12-9-6-7-10-13(12)15/h6-7,9-10H,3-5,8H2,1-2H3,(H,17,18)/b16-11+. The normalized spacial score (nSPS) is 11.4. The quantitative estimate of drug-likeness (QED) is 0.613. The first-order valence-corrected chi connectivity index (χ1v) is 6.67. The summed E-state index contributed by atoms with van der Waals surface area (Å²) in [6.07, 6.45) is 3.99. The number of unbranched alkanes of at least 4 members (excludes halogenated alkanes) is 1. The molecule has 0 radical (unpaired) electrons. The number of hydrazone groups is 1. The average Bonchev–Trinajstić information content (AvgIpc) is 2.39. The van der Waals surface area contributed by atoms with Gasteiger partial charge in [0, 0.05) is 5.71 Å². The van der Waals surface area contributed by atoms with E-state index in [-0.39, 0.29) is 5.91 Å². The molecule has 0 aromatic heterocycles. The van der Waals surface area contributed by atoms with Crippen LogP contribution in [-0.2, 0) is 0 Å². The number of nitrogens with one attached hydrogen (secondary N) is 1. The van der Waals surface area contributed by atoms with Crippen LogP contribution in [0.25, 0.3) is 0 Å². The van der Waals surface area contributed by atoms with Crippen LogP contribution in [0.2, 0.25) is 5.02 Å². The first-order valence-electron chi connectivity index (χ1n) is 6.29. The van der Waals surface area contributed by atoms with Gasteiger partial charge in [-0.05, 0) is 31.4 Å².